The van der Waals surface area contributed by atoms with Crippen molar-refractivity contribution in [1.82, 2.24) is 14.5 Å². The number of carboxylic acid groups (broad SMARTS) is 1. The van der Waals surface area contributed by atoms with Crippen molar-refractivity contribution in [2.45, 2.75) is 0 Å². The maximum absolute atomic E-state index is 11.3. The Morgan fingerprint density at radius 2 is 2.04 bits per heavy atom. The van der Waals surface area contributed by atoms with Gasteiger partial charge >= 0.3 is 6.09 Å². The molecule has 3 heterocycles. The van der Waals surface area contributed by atoms with Crippen LogP contribution in [0.2, 0.25) is 0 Å². The van der Waals surface area contributed by atoms with Gasteiger partial charge in [0.2, 0.25) is 0 Å². The van der Waals surface area contributed by atoms with Gasteiger partial charge in [0.1, 0.15) is 11.5 Å². The monoisotopic (exact) mass is 349 g/mol. The summed E-state index contributed by atoms with van der Waals surface area (Å²) < 4.78 is 1.78. The summed E-state index contributed by atoms with van der Waals surface area (Å²) in [5.41, 5.74) is 0.409. The number of pyridine rings is 2. The Balaban J connectivity index is 1.98. The van der Waals surface area contributed by atoms with Crippen molar-refractivity contribution >= 4 is 39.1 Å². The van der Waals surface area contributed by atoms with Crippen LogP contribution < -0.4 is 5.32 Å². The summed E-state index contributed by atoms with van der Waals surface area (Å²) in [7, 11) is 0. The molecular formula is C17H11N5O4. The molecule has 9 heteroatoms. The largest absolute Gasteiger partial charge is 0.465 e. The Morgan fingerprint density at radius 1 is 1.19 bits per heavy atom. The van der Waals surface area contributed by atoms with Gasteiger partial charge in [0.05, 0.1) is 16.6 Å². The normalized spacial score (nSPS) is 10.9. The van der Waals surface area contributed by atoms with E-state index in [1.807, 2.05) is 18.3 Å². The van der Waals surface area contributed by atoms with Crippen LogP contribution >= 0.6 is 0 Å². The fourth-order valence-electron chi connectivity index (χ4n) is 2.89. The SMILES string of the molecule is O=C(O)Nc1c([N+](=O)[O-])ccc2cnc(-n3ccc4ccncc43)cc12. The summed E-state index contributed by atoms with van der Waals surface area (Å²) in [6.07, 6.45) is 5.34. The number of hydrogen-bond acceptors (Lipinski definition) is 5. The maximum atomic E-state index is 11.3. The van der Waals surface area contributed by atoms with E-state index in [1.165, 1.54) is 12.1 Å². The van der Waals surface area contributed by atoms with Gasteiger partial charge in [-0.2, -0.15) is 0 Å². The molecule has 0 radical (unpaired) electrons. The number of nitrogens with zero attached hydrogens (tertiary/aromatic N) is 4. The highest BCUT2D eigenvalue weighted by Crippen LogP contribution is 2.34. The molecule has 3 aromatic heterocycles. The minimum absolute atomic E-state index is 0.0850. The molecule has 0 saturated heterocycles. The molecule has 0 saturated carbocycles. The summed E-state index contributed by atoms with van der Waals surface area (Å²) in [4.78, 5) is 30.3. The van der Waals surface area contributed by atoms with Crippen LogP contribution in [0.15, 0.2) is 55.1 Å². The minimum atomic E-state index is -1.38. The first-order valence-electron chi connectivity index (χ1n) is 7.53. The molecule has 4 rings (SSSR count). The topological polar surface area (TPSA) is 123 Å². The highest BCUT2D eigenvalue weighted by atomic mass is 16.6. The highest BCUT2D eigenvalue weighted by Gasteiger charge is 2.19. The molecule has 0 aliphatic carbocycles. The number of hydrogen-bond donors (Lipinski definition) is 2. The van der Waals surface area contributed by atoms with Gasteiger partial charge in [-0.3, -0.25) is 25.0 Å². The van der Waals surface area contributed by atoms with Gasteiger partial charge in [-0.05, 0) is 24.3 Å². The predicted octanol–water partition coefficient (Wildman–Crippen LogP) is 3.57. The third kappa shape index (κ3) is 2.47. The zero-order chi connectivity index (χ0) is 18.3. The van der Waals surface area contributed by atoms with E-state index in [9.17, 15) is 14.9 Å². The molecular weight excluding hydrogens is 338 g/mol. The van der Waals surface area contributed by atoms with Crippen LogP contribution in [0.1, 0.15) is 0 Å². The molecule has 9 nitrogen and oxygen atoms in total. The van der Waals surface area contributed by atoms with Gasteiger partial charge in [0.25, 0.3) is 5.69 Å². The van der Waals surface area contributed by atoms with Gasteiger partial charge in [0.15, 0.2) is 0 Å². The van der Waals surface area contributed by atoms with E-state index < -0.39 is 11.0 Å². The number of benzene rings is 1. The fraction of sp³-hybridized carbons (Fsp3) is 0. The van der Waals surface area contributed by atoms with Gasteiger partial charge < -0.3 is 5.11 Å². The predicted molar refractivity (Wildman–Crippen MR) is 94.7 cm³/mol. The molecule has 128 valence electrons. The molecule has 0 fully saturated rings. The van der Waals surface area contributed by atoms with Crippen LogP contribution in [0.3, 0.4) is 0 Å². The lowest BCUT2D eigenvalue weighted by Gasteiger charge is -2.10. The van der Waals surface area contributed by atoms with Crippen molar-refractivity contribution in [3.05, 3.63) is 65.2 Å². The number of rotatable bonds is 3. The molecule has 0 aliphatic rings. The van der Waals surface area contributed by atoms with Crippen molar-refractivity contribution < 1.29 is 14.8 Å². The van der Waals surface area contributed by atoms with E-state index in [-0.39, 0.29) is 11.4 Å². The second kappa shape index (κ2) is 5.81. The molecule has 4 aromatic rings. The summed E-state index contributed by atoms with van der Waals surface area (Å²) >= 11 is 0. The van der Waals surface area contributed by atoms with Crippen LogP contribution in [-0.2, 0) is 0 Å². The Bertz CT molecular complexity index is 1180. The second-order valence-corrected chi connectivity index (χ2v) is 5.53. The van der Waals surface area contributed by atoms with E-state index in [4.69, 9.17) is 5.11 Å². The van der Waals surface area contributed by atoms with Gasteiger partial charge in [-0.25, -0.2) is 9.78 Å². The Labute approximate surface area is 145 Å². The lowest BCUT2D eigenvalue weighted by molar-refractivity contribution is -0.383. The smallest absolute Gasteiger partial charge is 0.409 e. The summed E-state index contributed by atoms with van der Waals surface area (Å²) in [6.45, 7) is 0. The molecule has 0 atom stereocenters. The van der Waals surface area contributed by atoms with Crippen molar-refractivity contribution in [2.75, 3.05) is 5.32 Å². The quantitative estimate of drug-likeness (QED) is 0.430. The molecule has 2 N–H and O–H groups in total. The maximum Gasteiger partial charge on any atom is 0.409 e. The third-order valence-corrected chi connectivity index (χ3v) is 4.04. The first-order chi connectivity index (χ1) is 12.5. The van der Waals surface area contributed by atoms with E-state index in [2.05, 4.69) is 15.3 Å². The van der Waals surface area contributed by atoms with Crippen molar-refractivity contribution in [3.8, 4) is 5.82 Å². The van der Waals surface area contributed by atoms with Crippen molar-refractivity contribution in [1.29, 1.82) is 0 Å². The standard InChI is InChI=1S/C17H11N5O4/c23-17(24)20-16-12-7-15(19-8-11(12)1-2-13(16)22(25)26)21-6-4-10-3-5-18-9-14(10)21/h1-9,20H,(H,23,24). The zero-order valence-electron chi connectivity index (χ0n) is 13.2. The lowest BCUT2D eigenvalue weighted by Crippen LogP contribution is -2.10. The Morgan fingerprint density at radius 3 is 2.81 bits per heavy atom. The summed E-state index contributed by atoms with van der Waals surface area (Å²) in [5.74, 6) is 0.495. The van der Waals surface area contributed by atoms with Crippen molar-refractivity contribution in [2.24, 2.45) is 0 Å². The number of nitro groups is 1. The van der Waals surface area contributed by atoms with Crippen molar-refractivity contribution in [3.63, 3.8) is 0 Å². The number of nitro benzene ring substituents is 1. The molecule has 1 aromatic carbocycles. The number of anilines is 1. The Kier molecular flexibility index (Phi) is 3.47. The number of aromatic nitrogens is 3. The number of fused-ring (bicyclic) bond motifs is 2. The van der Waals surface area contributed by atoms with E-state index in [1.54, 1.807) is 29.2 Å². The van der Waals surface area contributed by atoms with Gasteiger partial charge in [0, 0.05) is 40.8 Å². The number of amides is 1. The van der Waals surface area contributed by atoms with Crippen LogP contribution in [0.5, 0.6) is 0 Å². The summed E-state index contributed by atoms with van der Waals surface area (Å²) in [5, 5.41) is 24.4. The van der Waals surface area contributed by atoms with Crippen LogP contribution in [-0.4, -0.2) is 30.7 Å². The zero-order valence-corrected chi connectivity index (χ0v) is 13.2. The molecule has 0 unspecified atom stereocenters. The van der Waals surface area contributed by atoms with E-state index >= 15 is 0 Å². The van der Waals surface area contributed by atoms with Crippen LogP contribution in [0, 0.1) is 10.1 Å². The molecule has 0 bridgehead atoms. The van der Waals surface area contributed by atoms with Crippen LogP contribution in [0.4, 0.5) is 16.2 Å². The van der Waals surface area contributed by atoms with Gasteiger partial charge in [-0.15, -0.1) is 0 Å². The third-order valence-electron chi connectivity index (χ3n) is 4.04. The highest BCUT2D eigenvalue weighted by molar-refractivity contribution is 6.04. The fourth-order valence-corrected chi connectivity index (χ4v) is 2.89. The number of nitrogens with one attached hydrogen (secondary N) is 1. The molecule has 0 aliphatic heterocycles. The Hall–Kier alpha value is -4.01. The second-order valence-electron chi connectivity index (χ2n) is 5.53. The lowest BCUT2D eigenvalue weighted by atomic mass is 10.1. The molecule has 1 amide bonds. The first-order valence-corrected chi connectivity index (χ1v) is 7.53. The first kappa shape index (κ1) is 15.5. The molecule has 26 heavy (non-hydrogen) atoms. The van der Waals surface area contributed by atoms with Crippen LogP contribution in [0.25, 0.3) is 27.5 Å². The molecule has 0 spiro atoms. The summed E-state index contributed by atoms with van der Waals surface area (Å²) in [6, 6.07) is 8.15. The van der Waals surface area contributed by atoms with Gasteiger partial charge in [-0.1, -0.05) is 0 Å². The average Bonchev–Trinajstić information content (AvgIpc) is 3.05. The minimum Gasteiger partial charge on any atom is -0.465 e. The van der Waals surface area contributed by atoms with E-state index in [0.29, 0.717) is 16.6 Å². The number of carbonyl (C=O) groups is 1. The van der Waals surface area contributed by atoms with E-state index in [0.717, 1.165) is 10.9 Å². The average molecular weight is 349 g/mol.